The third kappa shape index (κ3) is 3.68. The number of rotatable bonds is 4. The van der Waals surface area contributed by atoms with Crippen molar-refractivity contribution >= 4 is 19.9 Å². The zero-order valence-electron chi connectivity index (χ0n) is 14.8. The maximum absolute atomic E-state index is 13.1. The van der Waals surface area contributed by atoms with Gasteiger partial charge in [-0.25, -0.2) is 16.8 Å². The molecular weight excluding hydrogens is 378 g/mol. The molecule has 0 radical (unpaired) electrons. The molecule has 1 saturated heterocycles. The van der Waals surface area contributed by atoms with Crippen molar-refractivity contribution in [1.29, 1.82) is 0 Å². The van der Waals surface area contributed by atoms with Crippen molar-refractivity contribution in [2.75, 3.05) is 26.0 Å². The van der Waals surface area contributed by atoms with E-state index >= 15 is 0 Å². The van der Waals surface area contributed by atoms with Crippen molar-refractivity contribution < 1.29 is 21.6 Å². The first-order chi connectivity index (χ1) is 12.1. The van der Waals surface area contributed by atoms with Crippen molar-refractivity contribution in [3.63, 3.8) is 0 Å². The fourth-order valence-corrected chi connectivity index (χ4v) is 5.28. The molecule has 1 fully saturated rings. The average molecular weight is 399 g/mol. The highest BCUT2D eigenvalue weighted by Gasteiger charge is 2.33. The van der Waals surface area contributed by atoms with E-state index in [9.17, 15) is 16.8 Å². The Kier molecular flexibility index (Phi) is 4.95. The van der Waals surface area contributed by atoms with Gasteiger partial charge in [0.2, 0.25) is 10.0 Å². The molecule has 1 aliphatic rings. The summed E-state index contributed by atoms with van der Waals surface area (Å²) < 4.78 is 58.5. The van der Waals surface area contributed by atoms with Crippen molar-refractivity contribution in [1.82, 2.24) is 14.1 Å². The molecule has 2 aromatic rings. The number of sulfonamides is 1. The fraction of sp³-hybridized carbons (Fsp3) is 0.438. The van der Waals surface area contributed by atoms with Crippen LogP contribution in [0, 0.1) is 6.92 Å². The molecule has 0 spiro atoms. The molecule has 3 rings (SSSR count). The summed E-state index contributed by atoms with van der Waals surface area (Å²) in [4.78, 5) is -0.00833. The summed E-state index contributed by atoms with van der Waals surface area (Å²) in [6.45, 7) is 2.26. The smallest absolute Gasteiger partial charge is 0.243 e. The molecule has 1 aromatic carbocycles. The number of morpholine rings is 1. The monoisotopic (exact) mass is 399 g/mol. The molecular formula is C16H21N3O5S2. The number of aryl methyl sites for hydroxylation is 2. The fourth-order valence-electron chi connectivity index (χ4n) is 2.88. The van der Waals surface area contributed by atoms with Gasteiger partial charge in [-0.3, -0.25) is 4.68 Å². The van der Waals surface area contributed by atoms with Crippen LogP contribution in [-0.2, 0) is 31.6 Å². The predicted molar refractivity (Wildman–Crippen MR) is 94.9 cm³/mol. The van der Waals surface area contributed by atoms with E-state index in [1.807, 2.05) is 0 Å². The first-order valence-corrected chi connectivity index (χ1v) is 11.3. The van der Waals surface area contributed by atoms with Gasteiger partial charge in [0.15, 0.2) is 9.84 Å². The number of benzene rings is 1. The maximum atomic E-state index is 13.1. The second kappa shape index (κ2) is 6.76. The van der Waals surface area contributed by atoms with Gasteiger partial charge in [-0.1, -0.05) is 6.07 Å². The summed E-state index contributed by atoms with van der Waals surface area (Å²) in [5.41, 5.74) is 1.30. The van der Waals surface area contributed by atoms with Crippen LogP contribution in [0.4, 0.5) is 0 Å². The minimum Gasteiger partial charge on any atom is -0.371 e. The molecule has 26 heavy (non-hydrogen) atoms. The van der Waals surface area contributed by atoms with E-state index in [2.05, 4.69) is 5.10 Å². The highest BCUT2D eigenvalue weighted by atomic mass is 32.2. The Balaban J connectivity index is 1.95. The average Bonchev–Trinajstić information content (AvgIpc) is 3.00. The lowest BCUT2D eigenvalue weighted by molar-refractivity contribution is -0.00260. The second-order valence-electron chi connectivity index (χ2n) is 6.37. The van der Waals surface area contributed by atoms with Crippen LogP contribution in [-0.4, -0.2) is 56.9 Å². The van der Waals surface area contributed by atoms with Crippen molar-refractivity contribution in [2.24, 2.45) is 7.05 Å². The SMILES string of the molecule is Cc1ccc(S(C)(=O)=O)cc1S(=O)(=O)N1CCOC(c2cnn(C)c2)C1. The number of ether oxygens (including phenoxy) is 1. The molecule has 0 aliphatic carbocycles. The van der Waals surface area contributed by atoms with Crippen LogP contribution in [0.3, 0.4) is 0 Å². The summed E-state index contributed by atoms with van der Waals surface area (Å²) >= 11 is 0. The van der Waals surface area contributed by atoms with Gasteiger partial charge in [-0.05, 0) is 24.6 Å². The molecule has 0 bridgehead atoms. The summed E-state index contributed by atoms with van der Waals surface area (Å²) in [6.07, 6.45) is 4.08. The largest absolute Gasteiger partial charge is 0.371 e. The van der Waals surface area contributed by atoms with Crippen molar-refractivity contribution in [3.05, 3.63) is 41.7 Å². The standard InChI is InChI=1S/C16H21N3O5S2/c1-12-4-5-14(25(3,20)21)8-16(12)26(22,23)19-6-7-24-15(11-19)13-9-17-18(2)10-13/h4-5,8-10,15H,6-7,11H2,1-3H3. The second-order valence-corrected chi connectivity index (χ2v) is 10.3. The Morgan fingerprint density at radius 2 is 1.96 bits per heavy atom. The van der Waals surface area contributed by atoms with Gasteiger partial charge in [0, 0.05) is 38.2 Å². The third-order valence-corrected chi connectivity index (χ3v) is 7.45. The van der Waals surface area contributed by atoms with Crippen LogP contribution in [0.5, 0.6) is 0 Å². The lowest BCUT2D eigenvalue weighted by Crippen LogP contribution is -2.42. The summed E-state index contributed by atoms with van der Waals surface area (Å²) in [7, 11) is -5.57. The highest BCUT2D eigenvalue weighted by Crippen LogP contribution is 2.28. The first kappa shape index (κ1) is 19.0. The van der Waals surface area contributed by atoms with Crippen LogP contribution >= 0.6 is 0 Å². The first-order valence-electron chi connectivity index (χ1n) is 8.00. The lowest BCUT2D eigenvalue weighted by atomic mass is 10.2. The summed E-state index contributed by atoms with van der Waals surface area (Å²) in [5, 5.41) is 4.09. The van der Waals surface area contributed by atoms with Crippen molar-refractivity contribution in [3.8, 4) is 0 Å². The molecule has 10 heteroatoms. The Morgan fingerprint density at radius 3 is 2.58 bits per heavy atom. The topological polar surface area (TPSA) is 98.6 Å². The van der Waals surface area contributed by atoms with E-state index in [4.69, 9.17) is 4.74 Å². The van der Waals surface area contributed by atoms with Crippen LogP contribution in [0.15, 0.2) is 40.4 Å². The van der Waals surface area contributed by atoms with Gasteiger partial charge in [0.05, 0.1) is 28.7 Å². The van der Waals surface area contributed by atoms with Gasteiger partial charge in [0.1, 0.15) is 0 Å². The van der Waals surface area contributed by atoms with E-state index in [0.717, 1.165) is 11.8 Å². The molecule has 1 aromatic heterocycles. The normalized spacial score (nSPS) is 19.6. The van der Waals surface area contributed by atoms with Crippen LogP contribution < -0.4 is 0 Å². The Labute approximate surface area is 153 Å². The minimum absolute atomic E-state index is 0.00672. The number of aromatic nitrogens is 2. The highest BCUT2D eigenvalue weighted by molar-refractivity contribution is 7.91. The van der Waals surface area contributed by atoms with E-state index in [0.29, 0.717) is 5.56 Å². The van der Waals surface area contributed by atoms with Gasteiger partial charge in [-0.2, -0.15) is 9.40 Å². The molecule has 1 aliphatic heterocycles. The zero-order valence-corrected chi connectivity index (χ0v) is 16.4. The number of nitrogens with zero attached hydrogens (tertiary/aromatic N) is 3. The van der Waals surface area contributed by atoms with E-state index in [1.54, 1.807) is 31.0 Å². The van der Waals surface area contributed by atoms with E-state index < -0.39 is 26.0 Å². The quantitative estimate of drug-likeness (QED) is 0.757. The zero-order chi connectivity index (χ0) is 19.1. The molecule has 0 N–H and O–H groups in total. The van der Waals surface area contributed by atoms with Gasteiger partial charge in [0.25, 0.3) is 0 Å². The van der Waals surface area contributed by atoms with E-state index in [1.165, 1.54) is 22.5 Å². The summed E-state index contributed by atoms with van der Waals surface area (Å²) in [6, 6.07) is 4.16. The predicted octanol–water partition coefficient (Wildman–Crippen LogP) is 0.894. The lowest BCUT2D eigenvalue weighted by Gasteiger charge is -2.32. The maximum Gasteiger partial charge on any atom is 0.243 e. The third-order valence-electron chi connectivity index (χ3n) is 4.33. The van der Waals surface area contributed by atoms with Gasteiger partial charge >= 0.3 is 0 Å². The minimum atomic E-state index is -3.85. The van der Waals surface area contributed by atoms with Crippen LogP contribution in [0.2, 0.25) is 0 Å². The number of sulfone groups is 1. The number of hydrogen-bond donors (Lipinski definition) is 0. The summed E-state index contributed by atoms with van der Waals surface area (Å²) in [5.74, 6) is 0. The molecule has 0 amide bonds. The number of hydrogen-bond acceptors (Lipinski definition) is 6. The molecule has 0 saturated carbocycles. The Hall–Kier alpha value is -1.75. The molecule has 1 atom stereocenters. The molecule has 142 valence electrons. The van der Waals surface area contributed by atoms with Gasteiger partial charge < -0.3 is 4.74 Å². The Bertz CT molecular complexity index is 1030. The van der Waals surface area contributed by atoms with E-state index in [-0.39, 0.29) is 29.5 Å². The van der Waals surface area contributed by atoms with Gasteiger partial charge in [-0.15, -0.1) is 0 Å². The van der Waals surface area contributed by atoms with Crippen molar-refractivity contribution in [2.45, 2.75) is 22.8 Å². The molecule has 8 nitrogen and oxygen atoms in total. The molecule has 2 heterocycles. The van der Waals surface area contributed by atoms with Crippen LogP contribution in [0.1, 0.15) is 17.2 Å². The molecule has 1 unspecified atom stereocenters. The van der Waals surface area contributed by atoms with Crippen LogP contribution in [0.25, 0.3) is 0 Å². The Morgan fingerprint density at radius 1 is 1.23 bits per heavy atom.